The van der Waals surface area contributed by atoms with Crippen LogP contribution >= 0.6 is 0 Å². The lowest BCUT2D eigenvalue weighted by molar-refractivity contribution is -0.115. The molecule has 0 aromatic heterocycles. The predicted molar refractivity (Wildman–Crippen MR) is 46.4 cm³/mol. The molecule has 0 aromatic carbocycles. The largest absolute Gasteiger partial charge is 0.294 e. The summed E-state index contributed by atoms with van der Waals surface area (Å²) in [4.78, 5) is 11.3. The minimum Gasteiger partial charge on any atom is -0.294 e. The Balaban J connectivity index is 2.87. The molecule has 1 nitrogen and oxygen atoms in total. The van der Waals surface area contributed by atoms with E-state index in [0.717, 1.165) is 18.4 Å². The molecule has 0 saturated heterocycles. The summed E-state index contributed by atoms with van der Waals surface area (Å²) in [6.07, 6.45) is 6.48. The Labute approximate surface area is 67.8 Å². The van der Waals surface area contributed by atoms with Gasteiger partial charge in [0.15, 0.2) is 5.78 Å². The zero-order valence-corrected chi connectivity index (χ0v) is 7.18. The summed E-state index contributed by atoms with van der Waals surface area (Å²) in [5, 5.41) is 0. The average molecular weight is 150 g/mol. The molecule has 0 unspecified atom stereocenters. The molecule has 1 aliphatic rings. The number of Topliss-reactive ketones (excluding diaryl/α,β-unsaturated/α-hetero) is 1. The summed E-state index contributed by atoms with van der Waals surface area (Å²) in [6.45, 7) is 4.14. The first-order valence-electron chi connectivity index (χ1n) is 4.12. The molecule has 60 valence electrons. The van der Waals surface area contributed by atoms with Crippen molar-refractivity contribution in [3.8, 4) is 0 Å². The van der Waals surface area contributed by atoms with Gasteiger partial charge in [0.25, 0.3) is 0 Å². The van der Waals surface area contributed by atoms with Crippen molar-refractivity contribution in [1.29, 1.82) is 0 Å². The molecule has 0 heterocycles. The van der Waals surface area contributed by atoms with Crippen LogP contribution in [-0.4, -0.2) is 5.78 Å². The van der Waals surface area contributed by atoms with E-state index in [1.165, 1.54) is 5.57 Å². The van der Waals surface area contributed by atoms with Crippen LogP contribution in [0.2, 0.25) is 0 Å². The summed E-state index contributed by atoms with van der Waals surface area (Å²) in [6, 6.07) is 0. The van der Waals surface area contributed by atoms with Gasteiger partial charge in [0.1, 0.15) is 0 Å². The fourth-order valence-corrected chi connectivity index (χ4v) is 1.25. The second-order valence-electron chi connectivity index (χ2n) is 2.92. The maximum Gasteiger partial charge on any atom is 0.162 e. The third-order valence-corrected chi connectivity index (χ3v) is 2.17. The van der Waals surface area contributed by atoms with Crippen molar-refractivity contribution in [2.75, 3.05) is 0 Å². The Morgan fingerprint density at radius 2 is 2.09 bits per heavy atom. The zero-order valence-electron chi connectivity index (χ0n) is 7.18. The number of carbonyl (C=O) groups is 1. The van der Waals surface area contributed by atoms with E-state index in [2.05, 4.69) is 13.0 Å². The highest BCUT2D eigenvalue weighted by Crippen LogP contribution is 2.19. The third kappa shape index (κ3) is 1.79. The summed E-state index contributed by atoms with van der Waals surface area (Å²) >= 11 is 0. The van der Waals surface area contributed by atoms with Crippen LogP contribution in [0, 0.1) is 0 Å². The summed E-state index contributed by atoms with van der Waals surface area (Å²) in [7, 11) is 0. The van der Waals surface area contributed by atoms with E-state index in [-0.39, 0.29) is 0 Å². The summed E-state index contributed by atoms with van der Waals surface area (Å²) < 4.78 is 0. The third-order valence-electron chi connectivity index (χ3n) is 2.17. The molecule has 11 heavy (non-hydrogen) atoms. The first-order valence-corrected chi connectivity index (χ1v) is 4.12. The molecule has 1 rings (SSSR count). The minimum absolute atomic E-state index is 0.312. The van der Waals surface area contributed by atoms with Crippen molar-refractivity contribution in [2.45, 2.75) is 33.1 Å². The Hall–Kier alpha value is -0.850. The Morgan fingerprint density at radius 3 is 2.64 bits per heavy atom. The van der Waals surface area contributed by atoms with Gasteiger partial charge < -0.3 is 0 Å². The van der Waals surface area contributed by atoms with Crippen LogP contribution < -0.4 is 0 Å². The van der Waals surface area contributed by atoms with Crippen LogP contribution in [0.5, 0.6) is 0 Å². The van der Waals surface area contributed by atoms with Gasteiger partial charge in [-0.2, -0.15) is 0 Å². The van der Waals surface area contributed by atoms with E-state index < -0.39 is 0 Å². The quantitative estimate of drug-likeness (QED) is 0.415. The van der Waals surface area contributed by atoms with Gasteiger partial charge in [0.05, 0.1) is 0 Å². The number of carbonyl (C=O) groups excluding carboxylic acids is 1. The molecule has 0 atom stereocenters. The molecule has 0 saturated carbocycles. The molecule has 0 aromatic rings. The number of hydrogen-bond donors (Lipinski definition) is 0. The second kappa shape index (κ2) is 3.51. The normalized spacial score (nSPS) is 22.2. The van der Waals surface area contributed by atoms with Crippen LogP contribution in [0.1, 0.15) is 33.1 Å². The van der Waals surface area contributed by atoms with Crippen molar-refractivity contribution < 1.29 is 4.79 Å². The lowest BCUT2D eigenvalue weighted by Crippen LogP contribution is -2.06. The molecule has 0 amide bonds. The number of hydrogen-bond acceptors (Lipinski definition) is 1. The van der Waals surface area contributed by atoms with E-state index in [9.17, 15) is 4.79 Å². The Morgan fingerprint density at radius 1 is 1.45 bits per heavy atom. The lowest BCUT2D eigenvalue weighted by Gasteiger charge is -2.10. The first-order chi connectivity index (χ1) is 5.25. The summed E-state index contributed by atoms with van der Waals surface area (Å²) in [5.41, 5.74) is 2.29. The average Bonchev–Trinajstić information content (AvgIpc) is 2.04. The van der Waals surface area contributed by atoms with Crippen molar-refractivity contribution >= 4 is 5.78 Å². The standard InChI is InChI=1S/C10H14O/c1-3-8(2)9-6-4-5-7-10(9)11/h4-5H,3,6-7H2,1-2H3. The van der Waals surface area contributed by atoms with Crippen molar-refractivity contribution in [1.82, 2.24) is 0 Å². The molecule has 0 aliphatic heterocycles. The lowest BCUT2D eigenvalue weighted by atomic mass is 9.94. The van der Waals surface area contributed by atoms with Crippen LogP contribution in [-0.2, 0) is 4.79 Å². The SMILES string of the molecule is CCC(C)=C1CC=CCC1=O. The number of ketones is 1. The molecule has 1 heteroatoms. The van der Waals surface area contributed by atoms with E-state index >= 15 is 0 Å². The van der Waals surface area contributed by atoms with Crippen LogP contribution in [0.25, 0.3) is 0 Å². The fraction of sp³-hybridized carbons (Fsp3) is 0.500. The van der Waals surface area contributed by atoms with Crippen molar-refractivity contribution in [3.63, 3.8) is 0 Å². The molecule has 1 aliphatic carbocycles. The zero-order chi connectivity index (χ0) is 8.27. The van der Waals surface area contributed by atoms with Crippen LogP contribution in [0.15, 0.2) is 23.3 Å². The Kier molecular flexibility index (Phi) is 2.64. The molecular formula is C10H14O. The van der Waals surface area contributed by atoms with E-state index in [4.69, 9.17) is 0 Å². The van der Waals surface area contributed by atoms with Gasteiger partial charge in [0, 0.05) is 6.42 Å². The summed E-state index contributed by atoms with van der Waals surface area (Å²) in [5.74, 6) is 0.312. The number of rotatable bonds is 1. The van der Waals surface area contributed by atoms with Crippen molar-refractivity contribution in [3.05, 3.63) is 23.3 Å². The predicted octanol–water partition coefficient (Wildman–Crippen LogP) is 2.63. The minimum atomic E-state index is 0.312. The van der Waals surface area contributed by atoms with Gasteiger partial charge in [-0.25, -0.2) is 0 Å². The molecule has 0 fully saturated rings. The molecular weight excluding hydrogens is 136 g/mol. The highest BCUT2D eigenvalue weighted by atomic mass is 16.1. The highest BCUT2D eigenvalue weighted by molar-refractivity contribution is 5.98. The number of allylic oxidation sites excluding steroid dienone is 4. The van der Waals surface area contributed by atoms with Gasteiger partial charge in [-0.3, -0.25) is 4.79 Å². The van der Waals surface area contributed by atoms with E-state index in [1.807, 2.05) is 13.0 Å². The topological polar surface area (TPSA) is 17.1 Å². The van der Waals surface area contributed by atoms with Crippen LogP contribution in [0.4, 0.5) is 0 Å². The highest BCUT2D eigenvalue weighted by Gasteiger charge is 2.12. The van der Waals surface area contributed by atoms with Crippen LogP contribution in [0.3, 0.4) is 0 Å². The fourth-order valence-electron chi connectivity index (χ4n) is 1.25. The molecule has 0 N–H and O–H groups in total. The van der Waals surface area contributed by atoms with Gasteiger partial charge in [-0.05, 0) is 25.3 Å². The van der Waals surface area contributed by atoms with Gasteiger partial charge in [-0.15, -0.1) is 0 Å². The second-order valence-corrected chi connectivity index (χ2v) is 2.92. The van der Waals surface area contributed by atoms with Gasteiger partial charge in [0.2, 0.25) is 0 Å². The van der Waals surface area contributed by atoms with E-state index in [1.54, 1.807) is 0 Å². The first kappa shape index (κ1) is 8.25. The maximum atomic E-state index is 11.3. The van der Waals surface area contributed by atoms with Gasteiger partial charge >= 0.3 is 0 Å². The molecule has 0 bridgehead atoms. The molecule has 0 spiro atoms. The monoisotopic (exact) mass is 150 g/mol. The maximum absolute atomic E-state index is 11.3. The van der Waals surface area contributed by atoms with Gasteiger partial charge in [-0.1, -0.05) is 24.6 Å². The smallest absolute Gasteiger partial charge is 0.162 e. The molecule has 0 radical (unpaired) electrons. The Bertz CT molecular complexity index is 221. The van der Waals surface area contributed by atoms with Crippen molar-refractivity contribution in [2.24, 2.45) is 0 Å². The van der Waals surface area contributed by atoms with E-state index in [0.29, 0.717) is 12.2 Å².